The lowest BCUT2D eigenvalue weighted by atomic mass is 9.96. The highest BCUT2D eigenvalue weighted by Gasteiger charge is 2.44. The van der Waals surface area contributed by atoms with E-state index >= 15 is 0 Å². The summed E-state index contributed by atoms with van der Waals surface area (Å²) in [4.78, 5) is 14.1. The van der Waals surface area contributed by atoms with Gasteiger partial charge in [0.05, 0.1) is 19.8 Å². The summed E-state index contributed by atoms with van der Waals surface area (Å²) >= 11 is 0. The van der Waals surface area contributed by atoms with Crippen molar-refractivity contribution >= 4 is 6.03 Å². The van der Waals surface area contributed by atoms with Crippen LogP contribution in [0.5, 0.6) is 5.75 Å². The van der Waals surface area contributed by atoms with Gasteiger partial charge in [-0.2, -0.15) is 0 Å². The van der Waals surface area contributed by atoms with Crippen molar-refractivity contribution in [2.24, 2.45) is 0 Å². The molecule has 1 saturated carbocycles. The van der Waals surface area contributed by atoms with E-state index in [1.54, 1.807) is 12.0 Å². The summed E-state index contributed by atoms with van der Waals surface area (Å²) in [5, 5.41) is 12.4. The Morgan fingerprint density at radius 2 is 2.14 bits per heavy atom. The molecule has 1 aliphatic carbocycles. The van der Waals surface area contributed by atoms with Gasteiger partial charge < -0.3 is 20.1 Å². The third kappa shape index (κ3) is 2.90. The molecular formula is C17H24N2O3. The lowest BCUT2D eigenvalue weighted by Crippen LogP contribution is -2.46. The first-order chi connectivity index (χ1) is 10.7. The fraction of sp³-hybridized carbons (Fsp3) is 0.588. The van der Waals surface area contributed by atoms with Gasteiger partial charge in [0, 0.05) is 18.5 Å². The van der Waals surface area contributed by atoms with Crippen molar-refractivity contribution in [3.63, 3.8) is 0 Å². The van der Waals surface area contributed by atoms with Crippen molar-refractivity contribution in [2.75, 3.05) is 26.8 Å². The Bertz CT molecular complexity index is 525. The third-order valence-electron chi connectivity index (χ3n) is 4.98. The van der Waals surface area contributed by atoms with Gasteiger partial charge in [-0.1, -0.05) is 12.1 Å². The Morgan fingerprint density at radius 3 is 2.73 bits per heavy atom. The van der Waals surface area contributed by atoms with Gasteiger partial charge in [0.25, 0.3) is 0 Å². The van der Waals surface area contributed by atoms with E-state index in [1.807, 2.05) is 12.1 Å². The molecule has 1 heterocycles. The van der Waals surface area contributed by atoms with Crippen molar-refractivity contribution in [2.45, 2.75) is 37.1 Å². The molecule has 2 aliphatic rings. The number of carbonyl (C=O) groups is 1. The number of rotatable bonds is 5. The molecule has 1 saturated heterocycles. The Labute approximate surface area is 131 Å². The molecule has 0 bridgehead atoms. The molecule has 1 aromatic rings. The molecule has 1 aliphatic heterocycles. The van der Waals surface area contributed by atoms with Crippen molar-refractivity contribution in [1.29, 1.82) is 0 Å². The van der Waals surface area contributed by atoms with Gasteiger partial charge in [-0.15, -0.1) is 0 Å². The summed E-state index contributed by atoms with van der Waals surface area (Å²) in [6.45, 7) is 1.45. The number of likely N-dealkylation sites (tertiary alicyclic amines) is 1. The van der Waals surface area contributed by atoms with E-state index in [2.05, 4.69) is 17.4 Å². The molecule has 0 unspecified atom stereocenters. The van der Waals surface area contributed by atoms with E-state index in [-0.39, 0.29) is 24.1 Å². The Balaban J connectivity index is 1.59. The number of carbonyl (C=O) groups excluding carboxylic acids is 1. The standard InChI is InChI=1S/C17H24N2O3/c1-22-15-6-4-13(5-7-15)17(8-9-17)12-18-16(21)19-10-2-3-14(19)11-20/h4-7,14,20H,2-3,8-12H2,1H3,(H,18,21)/t14-/m1/s1. The minimum atomic E-state index is -0.0451. The molecule has 2 amide bonds. The van der Waals surface area contributed by atoms with Crippen LogP contribution in [0.2, 0.25) is 0 Å². The Hall–Kier alpha value is -1.75. The number of benzene rings is 1. The number of urea groups is 1. The quantitative estimate of drug-likeness (QED) is 0.873. The van der Waals surface area contributed by atoms with Crippen LogP contribution in [0, 0.1) is 0 Å². The second-order valence-electron chi connectivity index (χ2n) is 6.34. The van der Waals surface area contributed by atoms with Gasteiger partial charge in [-0.3, -0.25) is 0 Å². The first-order valence-electron chi connectivity index (χ1n) is 7.98. The van der Waals surface area contributed by atoms with Crippen LogP contribution in [0.1, 0.15) is 31.2 Å². The van der Waals surface area contributed by atoms with Gasteiger partial charge in [0.2, 0.25) is 0 Å². The Morgan fingerprint density at radius 1 is 1.41 bits per heavy atom. The molecule has 22 heavy (non-hydrogen) atoms. The molecule has 120 valence electrons. The normalized spacial score (nSPS) is 22.5. The van der Waals surface area contributed by atoms with E-state index in [4.69, 9.17) is 4.74 Å². The van der Waals surface area contributed by atoms with Crippen LogP contribution in [0.25, 0.3) is 0 Å². The smallest absolute Gasteiger partial charge is 0.317 e. The van der Waals surface area contributed by atoms with Gasteiger partial charge >= 0.3 is 6.03 Å². The number of aliphatic hydroxyl groups excluding tert-OH is 1. The van der Waals surface area contributed by atoms with Gasteiger partial charge in [-0.25, -0.2) is 4.79 Å². The van der Waals surface area contributed by atoms with Crippen LogP contribution in [0.3, 0.4) is 0 Å². The Kier molecular flexibility index (Phi) is 4.25. The van der Waals surface area contributed by atoms with Crippen LogP contribution in [0.4, 0.5) is 4.79 Å². The summed E-state index contributed by atoms with van der Waals surface area (Å²) in [6.07, 6.45) is 4.07. The number of amides is 2. The minimum Gasteiger partial charge on any atom is -0.497 e. The monoisotopic (exact) mass is 304 g/mol. The molecule has 5 heteroatoms. The second kappa shape index (κ2) is 6.16. The number of nitrogens with zero attached hydrogens (tertiary/aromatic N) is 1. The van der Waals surface area contributed by atoms with Crippen LogP contribution in [-0.4, -0.2) is 48.9 Å². The van der Waals surface area contributed by atoms with Gasteiger partial charge in [0.1, 0.15) is 5.75 Å². The second-order valence-corrected chi connectivity index (χ2v) is 6.34. The summed E-state index contributed by atoms with van der Waals surface area (Å²) in [6, 6.07) is 8.06. The van der Waals surface area contributed by atoms with Gasteiger partial charge in [-0.05, 0) is 43.4 Å². The molecule has 5 nitrogen and oxygen atoms in total. The summed E-state index contributed by atoms with van der Waals surface area (Å²) in [5.74, 6) is 0.853. The number of nitrogens with one attached hydrogen (secondary N) is 1. The first-order valence-corrected chi connectivity index (χ1v) is 7.98. The fourth-order valence-electron chi connectivity index (χ4n) is 3.30. The van der Waals surface area contributed by atoms with Crippen molar-refractivity contribution < 1.29 is 14.6 Å². The molecule has 0 radical (unpaired) electrons. The third-order valence-corrected chi connectivity index (χ3v) is 4.98. The molecule has 0 aromatic heterocycles. The zero-order chi connectivity index (χ0) is 15.6. The maximum atomic E-state index is 12.3. The van der Waals surface area contributed by atoms with Crippen molar-refractivity contribution in [3.8, 4) is 5.75 Å². The van der Waals surface area contributed by atoms with Crippen LogP contribution in [-0.2, 0) is 5.41 Å². The zero-order valence-corrected chi connectivity index (χ0v) is 13.0. The van der Waals surface area contributed by atoms with E-state index < -0.39 is 0 Å². The van der Waals surface area contributed by atoms with Crippen LogP contribution >= 0.6 is 0 Å². The largest absolute Gasteiger partial charge is 0.497 e. The molecule has 2 fully saturated rings. The molecule has 1 aromatic carbocycles. The van der Waals surface area contributed by atoms with E-state index in [0.717, 1.165) is 38.0 Å². The maximum Gasteiger partial charge on any atom is 0.317 e. The predicted molar refractivity (Wildman–Crippen MR) is 84.1 cm³/mol. The highest BCUT2D eigenvalue weighted by molar-refractivity contribution is 5.75. The summed E-state index contributed by atoms with van der Waals surface area (Å²) < 4.78 is 5.19. The number of ether oxygens (including phenoxy) is 1. The minimum absolute atomic E-state index is 0.0175. The molecule has 1 atom stereocenters. The lowest BCUT2D eigenvalue weighted by molar-refractivity contribution is 0.156. The highest BCUT2D eigenvalue weighted by Crippen LogP contribution is 2.47. The molecular weight excluding hydrogens is 280 g/mol. The van der Waals surface area contributed by atoms with Crippen molar-refractivity contribution in [3.05, 3.63) is 29.8 Å². The fourth-order valence-corrected chi connectivity index (χ4v) is 3.30. The molecule has 3 rings (SSSR count). The highest BCUT2D eigenvalue weighted by atomic mass is 16.5. The average Bonchev–Trinajstić information content (AvgIpc) is 3.20. The number of methoxy groups -OCH3 is 1. The van der Waals surface area contributed by atoms with E-state index in [1.165, 1.54) is 5.56 Å². The number of aliphatic hydroxyl groups is 1. The summed E-state index contributed by atoms with van der Waals surface area (Å²) in [7, 11) is 1.66. The molecule has 0 spiro atoms. The average molecular weight is 304 g/mol. The number of hydrogen-bond acceptors (Lipinski definition) is 3. The van der Waals surface area contributed by atoms with Crippen LogP contribution in [0.15, 0.2) is 24.3 Å². The SMILES string of the molecule is COc1ccc(C2(CNC(=O)N3CCC[C@@H]3CO)CC2)cc1. The number of hydrogen-bond donors (Lipinski definition) is 2. The van der Waals surface area contributed by atoms with E-state index in [0.29, 0.717) is 6.54 Å². The lowest BCUT2D eigenvalue weighted by Gasteiger charge is -2.25. The predicted octanol–water partition coefficient (Wildman–Crippen LogP) is 1.89. The maximum absolute atomic E-state index is 12.3. The van der Waals surface area contributed by atoms with Crippen LogP contribution < -0.4 is 10.1 Å². The van der Waals surface area contributed by atoms with Gasteiger partial charge in [0.15, 0.2) is 0 Å². The summed E-state index contributed by atoms with van der Waals surface area (Å²) in [5.41, 5.74) is 1.34. The van der Waals surface area contributed by atoms with Crippen molar-refractivity contribution in [1.82, 2.24) is 10.2 Å². The molecule has 2 N–H and O–H groups in total. The zero-order valence-electron chi connectivity index (χ0n) is 13.0. The first kappa shape index (κ1) is 15.2. The topological polar surface area (TPSA) is 61.8 Å². The van der Waals surface area contributed by atoms with E-state index in [9.17, 15) is 9.90 Å².